The van der Waals surface area contributed by atoms with Crippen LogP contribution in [0.15, 0.2) is 79.4 Å². The van der Waals surface area contributed by atoms with Gasteiger partial charge in [0.25, 0.3) is 0 Å². The summed E-state index contributed by atoms with van der Waals surface area (Å²) in [6.07, 6.45) is 8.35. The monoisotopic (exact) mass is 581 g/mol. The third kappa shape index (κ3) is 7.07. The van der Waals surface area contributed by atoms with Gasteiger partial charge in [0.1, 0.15) is 48.5 Å². The molecule has 0 aliphatic carbocycles. The van der Waals surface area contributed by atoms with Gasteiger partial charge in [0.05, 0.1) is 27.4 Å². The quantitative estimate of drug-likeness (QED) is 0.125. The Morgan fingerprint density at radius 2 is 1.26 bits per heavy atom. The molecular weight excluding hydrogens is 536 g/mol. The van der Waals surface area contributed by atoms with E-state index in [2.05, 4.69) is 104 Å². The van der Waals surface area contributed by atoms with E-state index in [0.29, 0.717) is 38.1 Å². The van der Waals surface area contributed by atoms with E-state index in [1.165, 1.54) is 0 Å². The Kier molecular flexibility index (Phi) is 9.75. The van der Waals surface area contributed by atoms with Crippen molar-refractivity contribution in [2.24, 2.45) is 11.8 Å². The van der Waals surface area contributed by atoms with E-state index in [4.69, 9.17) is 18.9 Å². The lowest BCUT2D eigenvalue weighted by atomic mass is 10.0. The van der Waals surface area contributed by atoms with Crippen molar-refractivity contribution >= 4 is 21.5 Å². The van der Waals surface area contributed by atoms with Crippen LogP contribution in [0, 0.1) is 11.8 Å². The van der Waals surface area contributed by atoms with E-state index in [1.807, 2.05) is 12.1 Å². The van der Waals surface area contributed by atoms with Gasteiger partial charge in [-0.3, -0.25) is 0 Å². The minimum absolute atomic E-state index is 0.572. The SMILES string of the molecule is COc1cc(C[n+]2ccn(Cc3cc(OCCC(C)C)c4ccccc4c3OCCC(C)C)c2)c(OC)c2ccccc12. The zero-order chi connectivity index (χ0) is 30.3. The van der Waals surface area contributed by atoms with Crippen LogP contribution in [0.3, 0.4) is 0 Å². The van der Waals surface area contributed by atoms with Crippen molar-refractivity contribution in [3.63, 3.8) is 0 Å². The first kappa shape index (κ1) is 30.3. The Hall–Kier alpha value is -4.19. The van der Waals surface area contributed by atoms with Crippen LogP contribution in [0.25, 0.3) is 21.5 Å². The summed E-state index contributed by atoms with van der Waals surface area (Å²) >= 11 is 0. The highest BCUT2D eigenvalue weighted by Crippen LogP contribution is 2.38. The van der Waals surface area contributed by atoms with Gasteiger partial charge in [-0.05, 0) is 36.8 Å². The normalized spacial score (nSPS) is 11.5. The van der Waals surface area contributed by atoms with Gasteiger partial charge in [0.2, 0.25) is 6.33 Å². The molecule has 0 aliphatic rings. The number of rotatable bonds is 14. The molecule has 43 heavy (non-hydrogen) atoms. The molecule has 5 rings (SSSR count). The zero-order valence-electron chi connectivity index (χ0n) is 26.4. The molecule has 5 aromatic rings. The predicted molar refractivity (Wildman–Crippen MR) is 174 cm³/mol. The average Bonchev–Trinajstić information content (AvgIpc) is 3.44. The van der Waals surface area contributed by atoms with Gasteiger partial charge in [0.15, 0.2) is 0 Å². The predicted octanol–water partition coefficient (Wildman–Crippen LogP) is 8.05. The lowest BCUT2D eigenvalue weighted by molar-refractivity contribution is -0.687. The summed E-state index contributed by atoms with van der Waals surface area (Å²) in [5.41, 5.74) is 2.17. The molecular formula is C37H45N2O4+. The third-order valence-corrected chi connectivity index (χ3v) is 7.84. The summed E-state index contributed by atoms with van der Waals surface area (Å²) < 4.78 is 28.9. The number of fused-ring (bicyclic) bond motifs is 2. The highest BCUT2D eigenvalue weighted by molar-refractivity contribution is 5.95. The van der Waals surface area contributed by atoms with Gasteiger partial charge in [-0.1, -0.05) is 76.2 Å². The molecule has 0 aliphatic heterocycles. The van der Waals surface area contributed by atoms with Crippen LogP contribution < -0.4 is 23.5 Å². The molecule has 4 aromatic carbocycles. The fourth-order valence-corrected chi connectivity index (χ4v) is 5.50. The van der Waals surface area contributed by atoms with Crippen LogP contribution in [0.4, 0.5) is 0 Å². The number of ether oxygens (including phenoxy) is 4. The smallest absolute Gasteiger partial charge is 0.244 e. The number of imidazole rings is 1. The number of benzene rings is 4. The van der Waals surface area contributed by atoms with Crippen LogP contribution in [-0.2, 0) is 13.1 Å². The van der Waals surface area contributed by atoms with E-state index < -0.39 is 0 Å². The molecule has 0 N–H and O–H groups in total. The van der Waals surface area contributed by atoms with Crippen LogP contribution in [-0.4, -0.2) is 32.0 Å². The Morgan fingerprint density at radius 3 is 1.88 bits per heavy atom. The van der Waals surface area contributed by atoms with Crippen molar-refractivity contribution < 1.29 is 23.5 Å². The highest BCUT2D eigenvalue weighted by Gasteiger charge is 2.19. The summed E-state index contributed by atoms with van der Waals surface area (Å²) in [4.78, 5) is 0. The van der Waals surface area contributed by atoms with E-state index in [9.17, 15) is 0 Å². The van der Waals surface area contributed by atoms with Gasteiger partial charge >= 0.3 is 0 Å². The van der Waals surface area contributed by atoms with Gasteiger partial charge in [-0.25, -0.2) is 9.13 Å². The van der Waals surface area contributed by atoms with Gasteiger partial charge in [0, 0.05) is 32.7 Å². The van der Waals surface area contributed by atoms with Crippen molar-refractivity contribution in [1.29, 1.82) is 0 Å². The maximum Gasteiger partial charge on any atom is 0.244 e. The van der Waals surface area contributed by atoms with Crippen molar-refractivity contribution in [1.82, 2.24) is 4.57 Å². The second-order valence-electron chi connectivity index (χ2n) is 12.0. The molecule has 0 amide bonds. The number of aromatic nitrogens is 2. The van der Waals surface area contributed by atoms with Crippen LogP contribution >= 0.6 is 0 Å². The average molecular weight is 582 g/mol. The number of nitrogens with zero attached hydrogens (tertiary/aromatic N) is 2. The Morgan fingerprint density at radius 1 is 0.674 bits per heavy atom. The lowest BCUT2D eigenvalue weighted by Crippen LogP contribution is -2.32. The number of methoxy groups -OCH3 is 2. The van der Waals surface area contributed by atoms with Gasteiger partial charge in [-0.15, -0.1) is 0 Å². The van der Waals surface area contributed by atoms with Crippen molar-refractivity contribution in [3.8, 4) is 23.0 Å². The molecule has 0 unspecified atom stereocenters. The maximum absolute atomic E-state index is 6.52. The molecule has 6 heteroatoms. The molecule has 226 valence electrons. The summed E-state index contributed by atoms with van der Waals surface area (Å²) in [6, 6.07) is 20.9. The molecule has 0 saturated heterocycles. The fraction of sp³-hybridized carbons (Fsp3) is 0.378. The molecule has 6 nitrogen and oxygen atoms in total. The molecule has 0 spiro atoms. The summed E-state index contributed by atoms with van der Waals surface area (Å²) in [5, 5.41) is 4.27. The first-order valence-electron chi connectivity index (χ1n) is 15.4. The van der Waals surface area contributed by atoms with Crippen LogP contribution in [0.1, 0.15) is 51.7 Å². The van der Waals surface area contributed by atoms with Crippen LogP contribution in [0.5, 0.6) is 23.0 Å². The van der Waals surface area contributed by atoms with Crippen molar-refractivity contribution in [2.75, 3.05) is 27.4 Å². The molecule has 0 fully saturated rings. The minimum atomic E-state index is 0.572. The standard InChI is InChI=1S/C37H45N2O4/c1-26(2)15-19-42-35-22-29(37(43-20-16-27(3)4)33-14-10-8-12-31(33)35)24-39-18-17-38(25-39)23-28-21-34(40-5)30-11-7-9-13-32(30)36(28)41-6/h7-14,17-18,21-22,25-27H,15-16,19-20,23-24H2,1-6H3/q+1. The van der Waals surface area contributed by atoms with Gasteiger partial charge < -0.3 is 18.9 Å². The second kappa shape index (κ2) is 13.9. The molecule has 0 atom stereocenters. The minimum Gasteiger partial charge on any atom is -0.496 e. The summed E-state index contributed by atoms with van der Waals surface area (Å²) in [5.74, 6) is 4.72. The molecule has 1 heterocycles. The van der Waals surface area contributed by atoms with E-state index >= 15 is 0 Å². The first-order chi connectivity index (χ1) is 20.9. The molecule has 0 radical (unpaired) electrons. The number of hydrogen-bond donors (Lipinski definition) is 0. The largest absolute Gasteiger partial charge is 0.496 e. The Balaban J connectivity index is 1.47. The van der Waals surface area contributed by atoms with Gasteiger partial charge in [-0.2, -0.15) is 0 Å². The van der Waals surface area contributed by atoms with Crippen LogP contribution in [0.2, 0.25) is 0 Å². The Labute approximate surface area is 255 Å². The maximum atomic E-state index is 6.52. The molecule has 0 bridgehead atoms. The Bertz CT molecular complexity index is 1670. The van der Waals surface area contributed by atoms with Crippen molar-refractivity contribution in [2.45, 2.75) is 53.6 Å². The summed E-state index contributed by atoms with van der Waals surface area (Å²) in [6.45, 7) is 11.6. The molecule has 0 saturated carbocycles. The third-order valence-electron chi connectivity index (χ3n) is 7.84. The first-order valence-corrected chi connectivity index (χ1v) is 15.4. The fourth-order valence-electron chi connectivity index (χ4n) is 5.50. The van der Waals surface area contributed by atoms with E-state index in [-0.39, 0.29) is 0 Å². The van der Waals surface area contributed by atoms with Crippen molar-refractivity contribution in [3.05, 3.63) is 90.5 Å². The highest BCUT2D eigenvalue weighted by atomic mass is 16.5. The van der Waals surface area contributed by atoms with E-state index in [1.54, 1.807) is 14.2 Å². The second-order valence-corrected chi connectivity index (χ2v) is 12.0. The lowest BCUT2D eigenvalue weighted by Gasteiger charge is -2.18. The topological polar surface area (TPSA) is 45.7 Å². The summed E-state index contributed by atoms with van der Waals surface area (Å²) in [7, 11) is 3.45. The zero-order valence-corrected chi connectivity index (χ0v) is 26.4. The van der Waals surface area contributed by atoms with E-state index in [0.717, 1.165) is 68.5 Å². The number of hydrogen-bond acceptors (Lipinski definition) is 4. The molecule has 1 aromatic heterocycles.